The first kappa shape index (κ1) is 15.1. The molecule has 0 spiro atoms. The molecule has 0 bridgehead atoms. The molecule has 116 valence electrons. The van der Waals surface area contributed by atoms with Crippen LogP contribution in [-0.4, -0.2) is 43.7 Å². The summed E-state index contributed by atoms with van der Waals surface area (Å²) < 4.78 is 5.96. The normalized spacial score (nSPS) is 23.0. The third kappa shape index (κ3) is 3.91. The molecule has 4 heteroatoms. The number of nitrogens with zero attached hydrogens (tertiary/aromatic N) is 1. The Labute approximate surface area is 132 Å². The third-order valence-corrected chi connectivity index (χ3v) is 4.96. The molecule has 2 aliphatic heterocycles. The van der Waals surface area contributed by atoms with Gasteiger partial charge < -0.3 is 15.0 Å². The van der Waals surface area contributed by atoms with Crippen LogP contribution < -0.4 is 10.1 Å². The Morgan fingerprint density at radius 2 is 2.10 bits per heavy atom. The van der Waals surface area contributed by atoms with Gasteiger partial charge in [0.15, 0.2) is 0 Å². The van der Waals surface area contributed by atoms with Gasteiger partial charge in [0.1, 0.15) is 11.9 Å². The minimum atomic E-state index is 0.259. The Bertz CT molecular complexity index is 472. The van der Waals surface area contributed by atoms with E-state index in [9.17, 15) is 0 Å². The van der Waals surface area contributed by atoms with Crippen LogP contribution in [0.1, 0.15) is 25.3 Å². The summed E-state index contributed by atoms with van der Waals surface area (Å²) in [7, 11) is 0. The number of hydrogen-bond donors (Lipinski definition) is 1. The quantitative estimate of drug-likeness (QED) is 0.905. The van der Waals surface area contributed by atoms with Crippen molar-refractivity contribution in [3.63, 3.8) is 0 Å². The molecule has 3 rings (SSSR count). The second-order valence-electron chi connectivity index (χ2n) is 6.23. The zero-order valence-corrected chi connectivity index (χ0v) is 13.5. The van der Waals surface area contributed by atoms with Gasteiger partial charge in [0.2, 0.25) is 0 Å². The van der Waals surface area contributed by atoms with Gasteiger partial charge in [0.25, 0.3) is 0 Å². The maximum absolute atomic E-state index is 6.03. The van der Waals surface area contributed by atoms with Crippen molar-refractivity contribution in [2.75, 3.05) is 32.7 Å². The number of ether oxygens (including phenoxy) is 1. The van der Waals surface area contributed by atoms with Crippen molar-refractivity contribution in [3.8, 4) is 5.75 Å². The first-order valence-electron chi connectivity index (χ1n) is 8.12. The van der Waals surface area contributed by atoms with Gasteiger partial charge in [-0.1, -0.05) is 18.5 Å². The fraction of sp³-hybridized carbons (Fsp3) is 0.647. The molecule has 0 amide bonds. The monoisotopic (exact) mass is 308 g/mol. The molecule has 0 saturated carbocycles. The minimum absolute atomic E-state index is 0.259. The van der Waals surface area contributed by atoms with Gasteiger partial charge in [-0.15, -0.1) is 0 Å². The Morgan fingerprint density at radius 3 is 2.86 bits per heavy atom. The van der Waals surface area contributed by atoms with Gasteiger partial charge >= 0.3 is 0 Å². The van der Waals surface area contributed by atoms with E-state index >= 15 is 0 Å². The zero-order valence-electron chi connectivity index (χ0n) is 12.8. The molecule has 21 heavy (non-hydrogen) atoms. The van der Waals surface area contributed by atoms with Gasteiger partial charge in [-0.2, -0.15) is 0 Å². The second kappa shape index (κ2) is 6.99. The Balaban J connectivity index is 1.38. The molecular weight excluding hydrogens is 284 g/mol. The van der Waals surface area contributed by atoms with Crippen LogP contribution in [0.15, 0.2) is 18.2 Å². The highest BCUT2D eigenvalue weighted by molar-refractivity contribution is 6.30. The van der Waals surface area contributed by atoms with Gasteiger partial charge in [0, 0.05) is 18.0 Å². The number of benzene rings is 1. The largest absolute Gasteiger partial charge is 0.488 e. The summed E-state index contributed by atoms with van der Waals surface area (Å²) in [6, 6.07) is 5.91. The van der Waals surface area contributed by atoms with Gasteiger partial charge in [-0.25, -0.2) is 0 Å². The molecule has 1 aromatic carbocycles. The van der Waals surface area contributed by atoms with E-state index in [1.807, 2.05) is 18.2 Å². The van der Waals surface area contributed by atoms with E-state index in [-0.39, 0.29) is 6.10 Å². The summed E-state index contributed by atoms with van der Waals surface area (Å²) in [6.07, 6.45) is 3.87. The lowest BCUT2D eigenvalue weighted by Crippen LogP contribution is -2.39. The molecule has 0 radical (unpaired) electrons. The third-order valence-electron chi connectivity index (χ3n) is 4.72. The molecule has 0 aromatic heterocycles. The average molecular weight is 309 g/mol. The summed E-state index contributed by atoms with van der Waals surface area (Å²) in [5, 5.41) is 4.40. The van der Waals surface area contributed by atoms with Crippen LogP contribution in [-0.2, 0) is 6.42 Å². The van der Waals surface area contributed by atoms with Crippen LogP contribution in [0.5, 0.6) is 5.75 Å². The number of piperidine rings is 1. The predicted octanol–water partition coefficient (Wildman–Crippen LogP) is 2.97. The Morgan fingerprint density at radius 1 is 1.29 bits per heavy atom. The van der Waals surface area contributed by atoms with Crippen LogP contribution in [0.2, 0.25) is 5.02 Å². The first-order valence-corrected chi connectivity index (χ1v) is 8.50. The van der Waals surface area contributed by atoms with Gasteiger partial charge in [-0.05, 0) is 68.7 Å². The Kier molecular flexibility index (Phi) is 5.04. The van der Waals surface area contributed by atoms with E-state index in [4.69, 9.17) is 16.3 Å². The minimum Gasteiger partial charge on any atom is -0.488 e. The molecule has 2 aliphatic rings. The van der Waals surface area contributed by atoms with E-state index in [1.54, 1.807) is 0 Å². The molecule has 1 unspecified atom stereocenters. The number of hydrogen-bond acceptors (Lipinski definition) is 3. The molecule has 3 nitrogen and oxygen atoms in total. The lowest BCUT2D eigenvalue weighted by molar-refractivity contribution is 0.182. The van der Waals surface area contributed by atoms with Crippen molar-refractivity contribution in [2.45, 2.75) is 32.3 Å². The molecule has 1 atom stereocenters. The predicted molar refractivity (Wildman–Crippen MR) is 87.3 cm³/mol. The fourth-order valence-corrected chi connectivity index (χ4v) is 3.55. The second-order valence-corrected chi connectivity index (χ2v) is 6.67. The summed E-state index contributed by atoms with van der Waals surface area (Å²) >= 11 is 6.03. The molecular formula is C17H25ClN2O. The van der Waals surface area contributed by atoms with Crippen molar-refractivity contribution in [1.82, 2.24) is 10.2 Å². The summed E-state index contributed by atoms with van der Waals surface area (Å²) in [5.41, 5.74) is 1.24. The van der Waals surface area contributed by atoms with Crippen LogP contribution >= 0.6 is 11.6 Å². The topological polar surface area (TPSA) is 24.5 Å². The van der Waals surface area contributed by atoms with Gasteiger partial charge in [0.05, 0.1) is 0 Å². The lowest BCUT2D eigenvalue weighted by atomic mass is 9.97. The smallest absolute Gasteiger partial charge is 0.123 e. The van der Waals surface area contributed by atoms with Crippen LogP contribution in [0.25, 0.3) is 0 Å². The lowest BCUT2D eigenvalue weighted by Gasteiger charge is -2.31. The number of halogens is 1. The standard InChI is InChI=1S/C17H25ClN2O/c1-2-20-7-5-13(6-8-20)11-19-12-16-10-14-9-15(18)3-4-17(14)21-16/h3-4,9,13,16,19H,2,5-8,10-12H2,1H3. The van der Waals surface area contributed by atoms with Crippen molar-refractivity contribution < 1.29 is 4.74 Å². The van der Waals surface area contributed by atoms with Crippen molar-refractivity contribution in [3.05, 3.63) is 28.8 Å². The van der Waals surface area contributed by atoms with E-state index in [0.717, 1.165) is 36.2 Å². The van der Waals surface area contributed by atoms with Gasteiger partial charge in [-0.3, -0.25) is 0 Å². The highest BCUT2D eigenvalue weighted by Crippen LogP contribution is 2.30. The van der Waals surface area contributed by atoms with E-state index in [2.05, 4.69) is 17.1 Å². The van der Waals surface area contributed by atoms with Crippen molar-refractivity contribution in [2.24, 2.45) is 5.92 Å². The maximum atomic E-state index is 6.03. The summed E-state index contributed by atoms with van der Waals surface area (Å²) in [6.45, 7) is 8.01. The van der Waals surface area contributed by atoms with Crippen LogP contribution in [0.3, 0.4) is 0 Å². The first-order chi connectivity index (χ1) is 10.2. The summed E-state index contributed by atoms with van der Waals surface area (Å²) in [4.78, 5) is 2.54. The van der Waals surface area contributed by atoms with Crippen LogP contribution in [0.4, 0.5) is 0 Å². The number of rotatable bonds is 5. The highest BCUT2D eigenvalue weighted by Gasteiger charge is 2.23. The molecule has 2 heterocycles. The van der Waals surface area contributed by atoms with E-state index < -0.39 is 0 Å². The Hall–Kier alpha value is -0.770. The molecule has 1 saturated heterocycles. The summed E-state index contributed by atoms with van der Waals surface area (Å²) in [5.74, 6) is 1.83. The number of fused-ring (bicyclic) bond motifs is 1. The maximum Gasteiger partial charge on any atom is 0.123 e. The SMILES string of the molecule is CCN1CCC(CNCC2Cc3cc(Cl)ccc3O2)CC1. The number of likely N-dealkylation sites (tertiary alicyclic amines) is 1. The highest BCUT2D eigenvalue weighted by atomic mass is 35.5. The molecule has 0 aliphatic carbocycles. The zero-order chi connectivity index (χ0) is 14.7. The molecule has 1 N–H and O–H groups in total. The number of nitrogens with one attached hydrogen (secondary N) is 1. The van der Waals surface area contributed by atoms with Crippen molar-refractivity contribution >= 4 is 11.6 Å². The average Bonchev–Trinajstić information content (AvgIpc) is 2.89. The van der Waals surface area contributed by atoms with E-state index in [0.29, 0.717) is 0 Å². The molecule has 1 aromatic rings. The van der Waals surface area contributed by atoms with E-state index in [1.165, 1.54) is 38.0 Å². The molecule has 1 fully saturated rings. The fourth-order valence-electron chi connectivity index (χ4n) is 3.36. The van der Waals surface area contributed by atoms with Crippen LogP contribution in [0, 0.1) is 5.92 Å². The van der Waals surface area contributed by atoms with Crippen molar-refractivity contribution in [1.29, 1.82) is 0 Å².